The Labute approximate surface area is 148 Å². The highest BCUT2D eigenvalue weighted by Gasteiger charge is 2.39. The first-order valence-corrected chi connectivity index (χ1v) is 8.10. The second kappa shape index (κ2) is 6.86. The van der Waals surface area contributed by atoms with E-state index < -0.39 is 29.5 Å². The number of aromatic nitrogens is 2. The first kappa shape index (κ1) is 19.6. The van der Waals surface area contributed by atoms with Crippen LogP contribution in [0.4, 0.5) is 23.8 Å². The molecule has 25 heavy (non-hydrogen) atoms. The van der Waals surface area contributed by atoms with Crippen molar-refractivity contribution in [3.05, 3.63) is 17.0 Å². The second-order valence-electron chi connectivity index (χ2n) is 6.84. The molecule has 1 fully saturated rings. The molecule has 0 radical (unpaired) electrons. The van der Waals surface area contributed by atoms with Gasteiger partial charge >= 0.3 is 12.3 Å². The monoisotopic (exact) mass is 380 g/mol. The fourth-order valence-corrected chi connectivity index (χ4v) is 2.66. The third-order valence-electron chi connectivity index (χ3n) is 3.60. The van der Waals surface area contributed by atoms with E-state index in [1.807, 2.05) is 0 Å². The maximum absolute atomic E-state index is 13.2. The fraction of sp³-hybridized carbons (Fsp3) is 0.667. The summed E-state index contributed by atoms with van der Waals surface area (Å²) in [5.74, 6) is -0.274. The van der Waals surface area contributed by atoms with Crippen LogP contribution >= 0.6 is 11.6 Å². The number of halogens is 4. The van der Waals surface area contributed by atoms with Gasteiger partial charge in [-0.2, -0.15) is 18.2 Å². The first-order chi connectivity index (χ1) is 11.4. The molecule has 0 saturated carbocycles. The van der Waals surface area contributed by atoms with E-state index in [0.29, 0.717) is 6.20 Å². The van der Waals surface area contributed by atoms with E-state index in [1.54, 1.807) is 27.7 Å². The van der Waals surface area contributed by atoms with Crippen molar-refractivity contribution in [1.82, 2.24) is 14.9 Å². The molecule has 2 rings (SSSR count). The number of carbonyl (C=O) groups excluding carboxylic acids is 1. The average molecular weight is 381 g/mol. The number of hydrogen-bond acceptors (Lipinski definition) is 5. The molecule has 6 nitrogen and oxygen atoms in total. The predicted molar refractivity (Wildman–Crippen MR) is 86.7 cm³/mol. The predicted octanol–water partition coefficient (Wildman–Crippen LogP) is 3.59. The summed E-state index contributed by atoms with van der Waals surface area (Å²) in [5, 5.41) is -0.259. The highest BCUT2D eigenvalue weighted by atomic mass is 35.5. The van der Waals surface area contributed by atoms with Gasteiger partial charge in [-0.15, -0.1) is 0 Å². The van der Waals surface area contributed by atoms with Gasteiger partial charge in [0.25, 0.3) is 0 Å². The first-order valence-electron chi connectivity index (χ1n) is 7.73. The minimum atomic E-state index is -4.60. The molecule has 1 aliphatic rings. The molecule has 0 bridgehead atoms. The van der Waals surface area contributed by atoms with Crippen LogP contribution in [-0.2, 0) is 10.9 Å². The zero-order chi connectivity index (χ0) is 19.0. The third kappa shape index (κ3) is 4.87. The van der Waals surface area contributed by atoms with Gasteiger partial charge in [0, 0.05) is 31.9 Å². The van der Waals surface area contributed by atoms with Crippen LogP contribution in [0.3, 0.4) is 0 Å². The smallest absolute Gasteiger partial charge is 0.421 e. The summed E-state index contributed by atoms with van der Waals surface area (Å²) >= 11 is 5.68. The molecule has 140 valence electrons. The number of piperazine rings is 1. The highest BCUT2D eigenvalue weighted by Crippen LogP contribution is 2.36. The summed E-state index contributed by atoms with van der Waals surface area (Å²) in [4.78, 5) is 22.3. The van der Waals surface area contributed by atoms with E-state index in [1.165, 1.54) is 9.80 Å². The molecule has 0 unspecified atom stereocenters. The van der Waals surface area contributed by atoms with E-state index in [0.717, 1.165) is 0 Å². The Balaban J connectivity index is 2.20. The Morgan fingerprint density at radius 1 is 1.32 bits per heavy atom. The van der Waals surface area contributed by atoms with Gasteiger partial charge in [0.05, 0.1) is 0 Å². The molecule has 0 aromatic carbocycles. The van der Waals surface area contributed by atoms with Crippen LogP contribution in [0.5, 0.6) is 0 Å². The standard InChI is InChI=1S/C15H20ClF3N4O2/c1-9-8-22(13(24)25-14(2,3)4)5-6-23(9)11-10(15(17,18)19)7-20-12(16)21-11/h7,9H,5-6,8H2,1-4H3/t9-/m1/s1. The topological polar surface area (TPSA) is 58.6 Å². The SMILES string of the molecule is C[C@@H]1CN(C(=O)OC(C)(C)C)CCN1c1nc(Cl)ncc1C(F)(F)F. The number of carbonyl (C=O) groups is 1. The summed E-state index contributed by atoms with van der Waals surface area (Å²) in [6.45, 7) is 7.59. The van der Waals surface area contributed by atoms with Gasteiger partial charge < -0.3 is 14.5 Å². The molecule has 0 aliphatic carbocycles. The van der Waals surface area contributed by atoms with Crippen LogP contribution in [0.25, 0.3) is 0 Å². The highest BCUT2D eigenvalue weighted by molar-refractivity contribution is 6.28. The van der Waals surface area contributed by atoms with E-state index in [4.69, 9.17) is 16.3 Å². The molecular formula is C15H20ClF3N4O2. The Bertz CT molecular complexity index is 649. The lowest BCUT2D eigenvalue weighted by atomic mass is 10.1. The van der Waals surface area contributed by atoms with Crippen LogP contribution in [0.2, 0.25) is 5.28 Å². The summed E-state index contributed by atoms with van der Waals surface area (Å²) in [7, 11) is 0. The van der Waals surface area contributed by atoms with E-state index in [9.17, 15) is 18.0 Å². The molecular weight excluding hydrogens is 361 g/mol. The zero-order valence-electron chi connectivity index (χ0n) is 14.4. The van der Waals surface area contributed by atoms with Gasteiger partial charge in [0.1, 0.15) is 17.0 Å². The Morgan fingerprint density at radius 3 is 2.48 bits per heavy atom. The maximum Gasteiger partial charge on any atom is 0.421 e. The van der Waals surface area contributed by atoms with Crippen molar-refractivity contribution in [1.29, 1.82) is 0 Å². The summed E-state index contributed by atoms with van der Waals surface area (Å²) in [5.41, 5.74) is -1.59. The molecule has 0 N–H and O–H groups in total. The molecule has 2 heterocycles. The van der Waals surface area contributed by atoms with Gasteiger partial charge in [-0.05, 0) is 39.3 Å². The van der Waals surface area contributed by atoms with Gasteiger partial charge in [-0.1, -0.05) is 0 Å². The molecule has 1 aliphatic heterocycles. The lowest BCUT2D eigenvalue weighted by Gasteiger charge is -2.41. The number of alkyl halides is 3. The normalized spacial score (nSPS) is 19.1. The zero-order valence-corrected chi connectivity index (χ0v) is 15.1. The number of ether oxygens (including phenoxy) is 1. The van der Waals surface area contributed by atoms with Crippen LogP contribution in [0.1, 0.15) is 33.3 Å². The lowest BCUT2D eigenvalue weighted by molar-refractivity contribution is -0.137. The van der Waals surface area contributed by atoms with Crippen molar-refractivity contribution in [2.45, 2.75) is 45.5 Å². The Morgan fingerprint density at radius 2 is 1.96 bits per heavy atom. The number of nitrogens with zero attached hydrogens (tertiary/aromatic N) is 4. The van der Waals surface area contributed by atoms with E-state index >= 15 is 0 Å². The Hall–Kier alpha value is -1.77. The van der Waals surface area contributed by atoms with Crippen molar-refractivity contribution < 1.29 is 22.7 Å². The molecule has 1 amide bonds. The quantitative estimate of drug-likeness (QED) is 0.697. The lowest BCUT2D eigenvalue weighted by Crippen LogP contribution is -2.55. The molecule has 1 aromatic rings. The summed E-state index contributed by atoms with van der Waals surface area (Å²) < 4.78 is 45.0. The Kier molecular flexibility index (Phi) is 5.36. The largest absolute Gasteiger partial charge is 0.444 e. The summed E-state index contributed by atoms with van der Waals surface area (Å²) in [6.07, 6.45) is -4.41. The second-order valence-corrected chi connectivity index (χ2v) is 7.18. The minimum Gasteiger partial charge on any atom is -0.444 e. The van der Waals surface area contributed by atoms with Crippen molar-refractivity contribution >= 4 is 23.5 Å². The van der Waals surface area contributed by atoms with Gasteiger partial charge in [0.2, 0.25) is 5.28 Å². The average Bonchev–Trinajstić information content (AvgIpc) is 2.43. The van der Waals surface area contributed by atoms with Gasteiger partial charge in [-0.3, -0.25) is 0 Å². The van der Waals surface area contributed by atoms with Crippen molar-refractivity contribution in [2.24, 2.45) is 0 Å². The number of rotatable bonds is 1. The third-order valence-corrected chi connectivity index (χ3v) is 3.78. The van der Waals surface area contributed by atoms with Crippen molar-refractivity contribution in [3.63, 3.8) is 0 Å². The van der Waals surface area contributed by atoms with E-state index in [2.05, 4.69) is 9.97 Å². The molecule has 0 spiro atoms. The molecule has 1 atom stereocenters. The molecule has 1 saturated heterocycles. The van der Waals surface area contributed by atoms with E-state index in [-0.39, 0.29) is 30.7 Å². The molecule has 10 heteroatoms. The van der Waals surface area contributed by atoms with Crippen molar-refractivity contribution in [2.75, 3.05) is 24.5 Å². The number of amides is 1. The minimum absolute atomic E-state index is 0.177. The fourth-order valence-electron chi connectivity index (χ4n) is 2.54. The molecule has 1 aromatic heterocycles. The number of anilines is 1. The van der Waals surface area contributed by atoms with Crippen LogP contribution in [-0.4, -0.2) is 52.2 Å². The van der Waals surface area contributed by atoms with Crippen LogP contribution < -0.4 is 4.90 Å². The van der Waals surface area contributed by atoms with Crippen LogP contribution in [0.15, 0.2) is 6.20 Å². The summed E-state index contributed by atoms with van der Waals surface area (Å²) in [6, 6.07) is -0.395. The van der Waals surface area contributed by atoms with Crippen LogP contribution in [0, 0.1) is 0 Å². The van der Waals surface area contributed by atoms with Gasteiger partial charge in [-0.25, -0.2) is 9.78 Å². The maximum atomic E-state index is 13.2. The van der Waals surface area contributed by atoms with Gasteiger partial charge in [0.15, 0.2) is 0 Å². The number of hydrogen-bond donors (Lipinski definition) is 0. The van der Waals surface area contributed by atoms with Crippen molar-refractivity contribution in [3.8, 4) is 0 Å².